The number of benzene rings is 2. The highest BCUT2D eigenvalue weighted by Crippen LogP contribution is 2.34. The Balaban J connectivity index is 1.98. The van der Waals surface area contributed by atoms with Crippen LogP contribution in [-0.2, 0) is 11.0 Å². The summed E-state index contributed by atoms with van der Waals surface area (Å²) in [5.41, 5.74) is -2.17. The number of para-hydroxylation sites is 1. The Hall–Kier alpha value is -3.69. The Morgan fingerprint density at radius 3 is 2.34 bits per heavy atom. The van der Waals surface area contributed by atoms with Crippen molar-refractivity contribution in [1.82, 2.24) is 9.78 Å². The quantitative estimate of drug-likeness (QED) is 0.637. The number of anilines is 2. The minimum Gasteiger partial charge on any atom is -0.326 e. The highest BCUT2D eigenvalue weighted by molar-refractivity contribution is 6.05. The standard InChI is InChI=1S/C19H14F4N4O2/c1-11(28)25-12-7-8-15(20)16(9-12)26-18(29)14-10-24-27(17(14)19(21,22)23)13-5-3-2-4-6-13/h2-10H,1H3,(H,25,28)(H,26,29). The monoisotopic (exact) mass is 406 g/mol. The number of amides is 2. The van der Waals surface area contributed by atoms with Crippen molar-refractivity contribution < 1.29 is 27.2 Å². The van der Waals surface area contributed by atoms with Crippen LogP contribution in [0.4, 0.5) is 28.9 Å². The zero-order valence-corrected chi connectivity index (χ0v) is 14.9. The summed E-state index contributed by atoms with van der Waals surface area (Å²) in [6.45, 7) is 1.23. The Morgan fingerprint density at radius 2 is 1.72 bits per heavy atom. The molecular formula is C19H14F4N4O2. The molecule has 0 aliphatic heterocycles. The molecule has 0 unspecified atom stereocenters. The van der Waals surface area contributed by atoms with Crippen molar-refractivity contribution >= 4 is 23.2 Å². The average Bonchev–Trinajstić information content (AvgIpc) is 3.10. The van der Waals surface area contributed by atoms with Crippen LogP contribution in [-0.4, -0.2) is 21.6 Å². The molecular weight excluding hydrogens is 392 g/mol. The predicted octanol–water partition coefficient (Wildman–Crippen LogP) is 4.24. The van der Waals surface area contributed by atoms with Gasteiger partial charge in [-0.3, -0.25) is 9.59 Å². The number of rotatable bonds is 4. The molecule has 2 N–H and O–H groups in total. The summed E-state index contributed by atoms with van der Waals surface area (Å²) in [7, 11) is 0. The number of carbonyl (C=O) groups is 2. The molecule has 3 rings (SSSR count). The fourth-order valence-electron chi connectivity index (χ4n) is 2.64. The SMILES string of the molecule is CC(=O)Nc1ccc(F)c(NC(=O)c2cnn(-c3ccccc3)c2C(F)(F)F)c1. The first-order valence-corrected chi connectivity index (χ1v) is 8.26. The Kier molecular flexibility index (Phi) is 5.35. The number of nitrogens with one attached hydrogen (secondary N) is 2. The molecule has 0 bridgehead atoms. The van der Waals surface area contributed by atoms with E-state index in [1.54, 1.807) is 6.07 Å². The summed E-state index contributed by atoms with van der Waals surface area (Å²) in [5.74, 6) is -2.51. The number of carbonyl (C=O) groups excluding carboxylic acids is 2. The molecule has 2 aromatic carbocycles. The van der Waals surface area contributed by atoms with Gasteiger partial charge in [0.2, 0.25) is 5.91 Å². The summed E-state index contributed by atoms with van der Waals surface area (Å²) in [6, 6.07) is 10.8. The second-order valence-electron chi connectivity index (χ2n) is 5.98. The minimum atomic E-state index is -4.89. The molecule has 2 amide bonds. The summed E-state index contributed by atoms with van der Waals surface area (Å²) < 4.78 is 55.6. The first-order chi connectivity index (χ1) is 13.7. The largest absolute Gasteiger partial charge is 0.434 e. The second-order valence-corrected chi connectivity index (χ2v) is 5.98. The van der Waals surface area contributed by atoms with Crippen molar-refractivity contribution in [3.05, 3.63) is 71.8 Å². The van der Waals surface area contributed by atoms with Crippen LogP contribution in [0.15, 0.2) is 54.7 Å². The van der Waals surface area contributed by atoms with Crippen LogP contribution in [0.3, 0.4) is 0 Å². The summed E-state index contributed by atoms with van der Waals surface area (Å²) >= 11 is 0. The molecule has 6 nitrogen and oxygen atoms in total. The lowest BCUT2D eigenvalue weighted by atomic mass is 10.2. The van der Waals surface area contributed by atoms with Gasteiger partial charge in [0.05, 0.1) is 23.1 Å². The topological polar surface area (TPSA) is 76.0 Å². The molecule has 0 aliphatic rings. The van der Waals surface area contributed by atoms with Crippen LogP contribution in [0.2, 0.25) is 0 Å². The number of halogens is 4. The number of aromatic nitrogens is 2. The van der Waals surface area contributed by atoms with Crippen LogP contribution in [0, 0.1) is 5.82 Å². The van der Waals surface area contributed by atoms with Crippen LogP contribution < -0.4 is 10.6 Å². The lowest BCUT2D eigenvalue weighted by molar-refractivity contribution is -0.143. The van der Waals surface area contributed by atoms with Gasteiger partial charge in [0.15, 0.2) is 5.69 Å². The molecule has 0 spiro atoms. The Bertz CT molecular complexity index is 1060. The number of hydrogen-bond acceptors (Lipinski definition) is 3. The molecule has 150 valence electrons. The van der Waals surface area contributed by atoms with Gasteiger partial charge >= 0.3 is 6.18 Å². The maximum atomic E-state index is 14.0. The molecule has 0 radical (unpaired) electrons. The van der Waals surface area contributed by atoms with Gasteiger partial charge in [0.25, 0.3) is 5.91 Å². The molecule has 1 aromatic heterocycles. The van der Waals surface area contributed by atoms with E-state index in [1.807, 2.05) is 0 Å². The zero-order chi connectivity index (χ0) is 21.2. The molecule has 3 aromatic rings. The van der Waals surface area contributed by atoms with Crippen molar-refractivity contribution in [2.24, 2.45) is 0 Å². The van der Waals surface area contributed by atoms with Crippen molar-refractivity contribution in [3.63, 3.8) is 0 Å². The molecule has 0 saturated heterocycles. The van der Waals surface area contributed by atoms with E-state index in [2.05, 4.69) is 15.7 Å². The van der Waals surface area contributed by atoms with E-state index in [-0.39, 0.29) is 17.1 Å². The van der Waals surface area contributed by atoms with Crippen molar-refractivity contribution in [3.8, 4) is 5.69 Å². The van der Waals surface area contributed by atoms with Crippen molar-refractivity contribution in [1.29, 1.82) is 0 Å². The molecule has 0 fully saturated rings. The van der Waals surface area contributed by atoms with Crippen LogP contribution in [0.25, 0.3) is 5.69 Å². The van der Waals surface area contributed by atoms with E-state index in [1.165, 1.54) is 37.3 Å². The van der Waals surface area contributed by atoms with E-state index < -0.39 is 35.1 Å². The molecule has 1 heterocycles. The molecule has 0 atom stereocenters. The summed E-state index contributed by atoms with van der Waals surface area (Å²) in [6.07, 6.45) is -4.13. The number of nitrogens with zero attached hydrogens (tertiary/aromatic N) is 2. The number of hydrogen-bond donors (Lipinski definition) is 2. The van der Waals surface area contributed by atoms with Gasteiger partial charge in [-0.1, -0.05) is 18.2 Å². The van der Waals surface area contributed by atoms with E-state index in [9.17, 15) is 27.2 Å². The van der Waals surface area contributed by atoms with E-state index >= 15 is 0 Å². The molecule has 0 aliphatic carbocycles. The fraction of sp³-hybridized carbons (Fsp3) is 0.105. The minimum absolute atomic E-state index is 0.109. The zero-order valence-electron chi connectivity index (χ0n) is 14.9. The number of alkyl halides is 3. The smallest absolute Gasteiger partial charge is 0.326 e. The van der Waals surface area contributed by atoms with Gasteiger partial charge in [-0.05, 0) is 30.3 Å². The van der Waals surface area contributed by atoms with Gasteiger partial charge < -0.3 is 10.6 Å². The fourth-order valence-corrected chi connectivity index (χ4v) is 2.64. The van der Waals surface area contributed by atoms with Crippen LogP contribution in [0.1, 0.15) is 23.0 Å². The van der Waals surface area contributed by atoms with Crippen molar-refractivity contribution in [2.75, 3.05) is 10.6 Å². The third kappa shape index (κ3) is 4.42. The second kappa shape index (κ2) is 7.74. The first kappa shape index (κ1) is 20.1. The van der Waals surface area contributed by atoms with Gasteiger partial charge in [-0.2, -0.15) is 18.3 Å². The van der Waals surface area contributed by atoms with Gasteiger partial charge in [-0.25, -0.2) is 9.07 Å². The Morgan fingerprint density at radius 1 is 1.03 bits per heavy atom. The van der Waals surface area contributed by atoms with E-state index in [4.69, 9.17) is 0 Å². The lowest BCUT2D eigenvalue weighted by Gasteiger charge is -2.13. The predicted molar refractivity (Wildman–Crippen MR) is 97.2 cm³/mol. The van der Waals surface area contributed by atoms with Gasteiger partial charge in [0, 0.05) is 12.6 Å². The highest BCUT2D eigenvalue weighted by atomic mass is 19.4. The maximum absolute atomic E-state index is 14.0. The maximum Gasteiger partial charge on any atom is 0.434 e. The third-order valence-electron chi connectivity index (χ3n) is 3.82. The molecule has 29 heavy (non-hydrogen) atoms. The average molecular weight is 406 g/mol. The highest BCUT2D eigenvalue weighted by Gasteiger charge is 2.40. The van der Waals surface area contributed by atoms with Crippen LogP contribution >= 0.6 is 0 Å². The van der Waals surface area contributed by atoms with Gasteiger partial charge in [0.1, 0.15) is 5.82 Å². The summed E-state index contributed by atoms with van der Waals surface area (Å²) in [4.78, 5) is 23.6. The Labute approximate surface area is 162 Å². The van der Waals surface area contributed by atoms with Crippen molar-refractivity contribution in [2.45, 2.75) is 13.1 Å². The van der Waals surface area contributed by atoms with Gasteiger partial charge in [-0.15, -0.1) is 0 Å². The molecule has 0 saturated carbocycles. The first-order valence-electron chi connectivity index (χ1n) is 8.26. The molecule has 10 heteroatoms. The van der Waals surface area contributed by atoms with E-state index in [0.717, 1.165) is 18.3 Å². The summed E-state index contributed by atoms with van der Waals surface area (Å²) in [5, 5.41) is 8.17. The van der Waals surface area contributed by atoms with Crippen LogP contribution in [0.5, 0.6) is 0 Å². The normalized spacial score (nSPS) is 11.2. The lowest BCUT2D eigenvalue weighted by Crippen LogP contribution is -2.21. The third-order valence-corrected chi connectivity index (χ3v) is 3.82. The van der Waals surface area contributed by atoms with E-state index in [0.29, 0.717) is 4.68 Å².